The minimum absolute atomic E-state index is 0.0352. The third-order valence-corrected chi connectivity index (χ3v) is 11.6. The van der Waals surface area contributed by atoms with Gasteiger partial charge in [0.15, 0.2) is 0 Å². The normalized spacial score (nSPS) is 14.1. The van der Waals surface area contributed by atoms with E-state index in [1.165, 1.54) is 25.7 Å². The van der Waals surface area contributed by atoms with Crippen molar-refractivity contribution < 1.29 is 52.6 Å². The van der Waals surface area contributed by atoms with Crippen molar-refractivity contribution in [2.75, 3.05) is 0 Å². The van der Waals surface area contributed by atoms with E-state index in [-0.39, 0.29) is 51.3 Å². The number of hydrogen-bond acceptors (Lipinski definition) is 11. The number of hydrogen-bond donors (Lipinski definition) is 1. The van der Waals surface area contributed by atoms with Gasteiger partial charge in [0.05, 0.1) is 6.42 Å². The van der Waals surface area contributed by atoms with Crippen molar-refractivity contribution in [2.45, 2.75) is 207 Å². The monoisotopic (exact) mass is 905 g/mol. The van der Waals surface area contributed by atoms with E-state index in [0.717, 1.165) is 81.8 Å². The number of ether oxygens (including phenoxy) is 3. The van der Waals surface area contributed by atoms with Crippen LogP contribution in [0.25, 0.3) is 0 Å². The second-order valence-corrected chi connectivity index (χ2v) is 18.3. The lowest BCUT2D eigenvalue weighted by Gasteiger charge is -2.33. The molecular weight excluding hydrogens is 829 g/mol. The van der Waals surface area contributed by atoms with Crippen LogP contribution in [0.4, 0.5) is 0 Å². The van der Waals surface area contributed by atoms with Gasteiger partial charge in [-0.1, -0.05) is 170 Å². The first-order chi connectivity index (χ1) is 31.2. The number of hydroxylamine groups is 2. The number of amides is 3. The number of benzene rings is 2. The molecule has 360 valence electrons. The molecule has 2 aromatic rings. The molecule has 1 fully saturated rings. The molecular formula is C52H76N2O11. The van der Waals surface area contributed by atoms with E-state index < -0.39 is 59.1 Å². The first-order valence-corrected chi connectivity index (χ1v) is 24.2. The van der Waals surface area contributed by atoms with Gasteiger partial charge in [0.1, 0.15) is 30.3 Å². The second-order valence-electron chi connectivity index (χ2n) is 18.3. The van der Waals surface area contributed by atoms with E-state index in [1.807, 2.05) is 60.7 Å². The van der Waals surface area contributed by atoms with E-state index >= 15 is 0 Å². The number of esters is 3. The van der Waals surface area contributed by atoms with E-state index in [0.29, 0.717) is 24.3 Å². The van der Waals surface area contributed by atoms with E-state index in [2.05, 4.69) is 12.2 Å². The van der Waals surface area contributed by atoms with Crippen LogP contribution in [0.1, 0.15) is 193 Å². The van der Waals surface area contributed by atoms with E-state index in [1.54, 1.807) is 20.8 Å². The molecule has 1 N–H and O–H groups in total. The largest absolute Gasteiger partial charge is 0.461 e. The number of carbonyl (C=O) groups excluding carboxylic acids is 7. The van der Waals surface area contributed by atoms with Crippen LogP contribution in [-0.2, 0) is 65.8 Å². The van der Waals surface area contributed by atoms with Crippen LogP contribution in [0.3, 0.4) is 0 Å². The molecule has 0 unspecified atom stereocenters. The first-order valence-electron chi connectivity index (χ1n) is 24.2. The Morgan fingerprint density at radius 3 is 1.55 bits per heavy atom. The quantitative estimate of drug-likeness (QED) is 0.0238. The lowest BCUT2D eigenvalue weighted by molar-refractivity contribution is -0.197. The summed E-state index contributed by atoms with van der Waals surface area (Å²) in [5.74, 6) is -4.54. The molecule has 3 amide bonds. The topological polar surface area (TPSA) is 172 Å². The zero-order valence-electron chi connectivity index (χ0n) is 39.7. The van der Waals surface area contributed by atoms with Crippen LogP contribution >= 0.6 is 0 Å². The van der Waals surface area contributed by atoms with E-state index in [9.17, 15) is 33.6 Å². The third-order valence-electron chi connectivity index (χ3n) is 11.6. The summed E-state index contributed by atoms with van der Waals surface area (Å²) >= 11 is 0. The highest BCUT2D eigenvalue weighted by Gasteiger charge is 2.48. The molecule has 0 radical (unpaired) electrons. The molecule has 13 nitrogen and oxygen atoms in total. The van der Waals surface area contributed by atoms with Crippen molar-refractivity contribution in [3.63, 3.8) is 0 Å². The summed E-state index contributed by atoms with van der Waals surface area (Å²) in [6.07, 6.45) is 16.1. The van der Waals surface area contributed by atoms with Gasteiger partial charge in [-0.15, -0.1) is 5.06 Å². The lowest BCUT2D eigenvalue weighted by atomic mass is 9.76. The Balaban J connectivity index is 1.71. The fourth-order valence-electron chi connectivity index (χ4n) is 7.80. The molecule has 65 heavy (non-hydrogen) atoms. The zero-order chi connectivity index (χ0) is 47.3. The van der Waals surface area contributed by atoms with E-state index in [4.69, 9.17) is 19.0 Å². The molecule has 0 saturated carbocycles. The molecule has 0 bridgehead atoms. The highest BCUT2D eigenvalue weighted by molar-refractivity contribution is 6.04. The van der Waals surface area contributed by atoms with Crippen LogP contribution in [0.5, 0.6) is 0 Å². The predicted octanol–water partition coefficient (Wildman–Crippen LogP) is 10.5. The van der Waals surface area contributed by atoms with Gasteiger partial charge < -0.3 is 24.4 Å². The summed E-state index contributed by atoms with van der Waals surface area (Å²) < 4.78 is 17.0. The summed E-state index contributed by atoms with van der Waals surface area (Å²) in [4.78, 5) is 97.4. The van der Waals surface area contributed by atoms with Gasteiger partial charge in [0.2, 0.25) is 5.91 Å². The van der Waals surface area contributed by atoms with Crippen LogP contribution in [0.15, 0.2) is 60.7 Å². The molecule has 3 rings (SSSR count). The van der Waals surface area contributed by atoms with Gasteiger partial charge in [-0.2, -0.15) is 0 Å². The second kappa shape index (κ2) is 30.2. The summed E-state index contributed by atoms with van der Waals surface area (Å²) in [6, 6.07) is 17.5. The number of nitrogens with one attached hydrogen (secondary N) is 1. The van der Waals surface area contributed by atoms with Gasteiger partial charge in [0, 0.05) is 19.3 Å². The molecule has 0 spiro atoms. The zero-order valence-corrected chi connectivity index (χ0v) is 39.7. The lowest BCUT2D eigenvalue weighted by Crippen LogP contribution is -2.53. The highest BCUT2D eigenvalue weighted by Crippen LogP contribution is 2.35. The average molecular weight is 905 g/mol. The third kappa shape index (κ3) is 21.6. The Bertz CT molecular complexity index is 1740. The van der Waals surface area contributed by atoms with Gasteiger partial charge in [-0.05, 0) is 57.6 Å². The molecule has 1 aliphatic rings. The summed E-state index contributed by atoms with van der Waals surface area (Å²) in [6.45, 7) is 7.48. The van der Waals surface area contributed by atoms with Crippen LogP contribution < -0.4 is 5.32 Å². The van der Waals surface area contributed by atoms with Crippen molar-refractivity contribution in [2.24, 2.45) is 5.41 Å². The Kier molecular flexibility index (Phi) is 25.2. The standard InChI is InChI=1S/C52H76N2O11/c1-5-6-7-8-9-11-14-17-26-37-52(50(61)63-40-42-30-23-20-24-31-42,38-27-18-15-12-10-13-16-25-32-46(57)62-39-41-28-21-19-22-29-41)49(60)53-43(48(59)64-51(2,3)4)33-36-47(58)65-54-44(55)34-35-45(54)56/h19-24,28-31,43H,5-18,25-27,32-40H2,1-4H3,(H,53,60)/t43-,52-/m0/s1. The molecule has 1 heterocycles. The smallest absolute Gasteiger partial charge is 0.333 e. The maximum absolute atomic E-state index is 14.8. The fraction of sp³-hybridized carbons (Fsp3) is 0.635. The Morgan fingerprint density at radius 1 is 0.600 bits per heavy atom. The molecule has 2 aromatic carbocycles. The van der Waals surface area contributed by atoms with Crippen molar-refractivity contribution in [1.29, 1.82) is 0 Å². The number of imide groups is 1. The van der Waals surface area contributed by atoms with Crippen molar-refractivity contribution in [1.82, 2.24) is 10.4 Å². The van der Waals surface area contributed by atoms with Crippen molar-refractivity contribution in [3.05, 3.63) is 71.8 Å². The minimum Gasteiger partial charge on any atom is -0.461 e. The maximum atomic E-state index is 14.8. The van der Waals surface area contributed by atoms with Gasteiger partial charge >= 0.3 is 23.9 Å². The minimum atomic E-state index is -1.64. The van der Waals surface area contributed by atoms with Crippen molar-refractivity contribution in [3.8, 4) is 0 Å². The summed E-state index contributed by atoms with van der Waals surface area (Å²) in [5.41, 5.74) is -0.849. The van der Waals surface area contributed by atoms with Crippen LogP contribution in [0, 0.1) is 5.41 Å². The predicted molar refractivity (Wildman–Crippen MR) is 247 cm³/mol. The number of carbonyl (C=O) groups is 7. The number of unbranched alkanes of at least 4 members (excludes halogenated alkanes) is 15. The average Bonchev–Trinajstić information content (AvgIpc) is 3.60. The Labute approximate surface area is 387 Å². The summed E-state index contributed by atoms with van der Waals surface area (Å²) in [5, 5.41) is 3.25. The van der Waals surface area contributed by atoms with Crippen molar-refractivity contribution >= 4 is 41.6 Å². The number of nitrogens with zero attached hydrogens (tertiary/aromatic N) is 1. The molecule has 2 atom stereocenters. The maximum Gasteiger partial charge on any atom is 0.333 e. The Hall–Kier alpha value is -5.07. The molecule has 1 saturated heterocycles. The Morgan fingerprint density at radius 2 is 1.06 bits per heavy atom. The van der Waals surface area contributed by atoms with Crippen LogP contribution in [0.2, 0.25) is 0 Å². The SMILES string of the molecule is CCCCCCCCCCC[C@](CCCCCCCCCCC(=O)OCc1ccccc1)(C(=O)N[C@@H](CCC(=O)ON1C(=O)CCC1=O)C(=O)OC(C)(C)C)C(=O)OCc1ccccc1. The number of rotatable bonds is 33. The molecule has 1 aliphatic heterocycles. The molecule has 0 aromatic heterocycles. The van der Waals surface area contributed by atoms with Gasteiger partial charge in [0.25, 0.3) is 11.8 Å². The molecule has 0 aliphatic carbocycles. The van der Waals surface area contributed by atoms with Gasteiger partial charge in [-0.3, -0.25) is 24.0 Å². The van der Waals surface area contributed by atoms with Crippen LogP contribution in [-0.4, -0.2) is 58.3 Å². The molecule has 13 heteroatoms. The first kappa shape index (κ1) is 54.3. The highest BCUT2D eigenvalue weighted by atomic mass is 16.7. The van der Waals surface area contributed by atoms with Gasteiger partial charge in [-0.25, -0.2) is 9.59 Å². The fourth-order valence-corrected chi connectivity index (χ4v) is 7.80. The summed E-state index contributed by atoms with van der Waals surface area (Å²) in [7, 11) is 0.